The SMILES string of the molecule is CCc1cc(CC(CBr)(CBr)C2CCCC2)n(C)n1. The first kappa shape index (κ1) is 15.6. The zero-order valence-electron chi connectivity index (χ0n) is 12.0. The van der Waals surface area contributed by atoms with Crippen LogP contribution in [-0.4, -0.2) is 20.4 Å². The van der Waals surface area contributed by atoms with Crippen molar-refractivity contribution in [3.8, 4) is 0 Å². The normalized spacial score (nSPS) is 17.3. The van der Waals surface area contributed by atoms with Crippen LogP contribution in [0.25, 0.3) is 0 Å². The smallest absolute Gasteiger partial charge is 0.0624 e. The lowest BCUT2D eigenvalue weighted by Gasteiger charge is -2.36. The molecular weight excluding hydrogens is 368 g/mol. The highest BCUT2D eigenvalue weighted by atomic mass is 79.9. The van der Waals surface area contributed by atoms with E-state index in [2.05, 4.69) is 61.7 Å². The fourth-order valence-corrected chi connectivity index (χ4v) is 5.54. The highest BCUT2D eigenvalue weighted by Crippen LogP contribution is 2.44. The average Bonchev–Trinajstić information content (AvgIpc) is 3.06. The first-order valence-corrected chi connectivity index (χ1v) is 9.53. The minimum atomic E-state index is 0.343. The molecule has 0 atom stereocenters. The molecule has 1 heterocycles. The number of nitrogens with zero attached hydrogens (tertiary/aromatic N) is 2. The van der Waals surface area contributed by atoms with Crippen LogP contribution in [0.2, 0.25) is 0 Å². The Morgan fingerprint density at radius 3 is 2.42 bits per heavy atom. The van der Waals surface area contributed by atoms with Crippen LogP contribution in [0.5, 0.6) is 0 Å². The van der Waals surface area contributed by atoms with Crippen LogP contribution >= 0.6 is 31.9 Å². The number of aryl methyl sites for hydroxylation is 2. The van der Waals surface area contributed by atoms with E-state index in [1.165, 1.54) is 37.1 Å². The van der Waals surface area contributed by atoms with Gasteiger partial charge >= 0.3 is 0 Å². The summed E-state index contributed by atoms with van der Waals surface area (Å²) < 4.78 is 2.08. The predicted molar refractivity (Wildman–Crippen MR) is 88.3 cm³/mol. The molecule has 2 rings (SSSR count). The summed E-state index contributed by atoms with van der Waals surface area (Å²) in [5.41, 5.74) is 2.93. The third-order valence-corrected chi connectivity index (χ3v) is 6.91. The van der Waals surface area contributed by atoms with Gasteiger partial charge in [-0.15, -0.1) is 0 Å². The van der Waals surface area contributed by atoms with Crippen molar-refractivity contribution in [2.75, 3.05) is 10.7 Å². The summed E-state index contributed by atoms with van der Waals surface area (Å²) >= 11 is 7.58. The Balaban J connectivity index is 2.21. The minimum absolute atomic E-state index is 0.343. The Labute approximate surface area is 133 Å². The second-order valence-electron chi connectivity index (χ2n) is 5.89. The number of hydrogen-bond donors (Lipinski definition) is 0. The maximum absolute atomic E-state index is 4.59. The van der Waals surface area contributed by atoms with E-state index in [0.717, 1.165) is 29.4 Å². The minimum Gasteiger partial charge on any atom is -0.272 e. The average molecular weight is 392 g/mol. The number of aromatic nitrogens is 2. The quantitative estimate of drug-likeness (QED) is 0.653. The summed E-state index contributed by atoms with van der Waals surface area (Å²) in [6.45, 7) is 2.17. The number of alkyl halides is 2. The van der Waals surface area contributed by atoms with Gasteiger partial charge in [-0.1, -0.05) is 51.6 Å². The molecule has 4 heteroatoms. The molecule has 108 valence electrons. The highest BCUT2D eigenvalue weighted by Gasteiger charge is 2.39. The van der Waals surface area contributed by atoms with Crippen molar-refractivity contribution in [3.63, 3.8) is 0 Å². The molecule has 0 radical (unpaired) electrons. The van der Waals surface area contributed by atoms with Crippen LogP contribution in [0.1, 0.15) is 44.0 Å². The predicted octanol–water partition coefficient (Wildman–Crippen LogP) is 4.49. The van der Waals surface area contributed by atoms with E-state index >= 15 is 0 Å². The van der Waals surface area contributed by atoms with Crippen molar-refractivity contribution < 1.29 is 0 Å². The van der Waals surface area contributed by atoms with Crippen molar-refractivity contribution in [1.82, 2.24) is 9.78 Å². The Bertz CT molecular complexity index is 404. The van der Waals surface area contributed by atoms with E-state index in [0.29, 0.717) is 5.41 Å². The zero-order valence-corrected chi connectivity index (χ0v) is 15.1. The molecule has 1 aromatic heterocycles. The Morgan fingerprint density at radius 1 is 1.32 bits per heavy atom. The molecule has 1 aliphatic rings. The van der Waals surface area contributed by atoms with E-state index in [-0.39, 0.29) is 0 Å². The van der Waals surface area contributed by atoms with Crippen LogP contribution < -0.4 is 0 Å². The Hall–Kier alpha value is 0.170. The van der Waals surface area contributed by atoms with Gasteiger partial charge in [-0.3, -0.25) is 4.68 Å². The molecule has 0 bridgehead atoms. The first-order chi connectivity index (χ1) is 9.15. The van der Waals surface area contributed by atoms with Gasteiger partial charge in [-0.2, -0.15) is 5.10 Å². The van der Waals surface area contributed by atoms with Crippen LogP contribution in [0.4, 0.5) is 0 Å². The molecule has 0 saturated heterocycles. The number of halogens is 2. The van der Waals surface area contributed by atoms with Gasteiger partial charge in [-0.25, -0.2) is 0 Å². The molecule has 0 unspecified atom stereocenters. The molecule has 19 heavy (non-hydrogen) atoms. The van der Waals surface area contributed by atoms with Gasteiger partial charge in [0, 0.05) is 23.4 Å². The van der Waals surface area contributed by atoms with Gasteiger partial charge in [0.1, 0.15) is 0 Å². The molecule has 2 nitrogen and oxygen atoms in total. The molecule has 1 saturated carbocycles. The van der Waals surface area contributed by atoms with Gasteiger partial charge in [0.15, 0.2) is 0 Å². The summed E-state index contributed by atoms with van der Waals surface area (Å²) in [5, 5.41) is 6.74. The molecule has 1 fully saturated rings. The lowest BCUT2D eigenvalue weighted by Crippen LogP contribution is -2.36. The van der Waals surface area contributed by atoms with E-state index in [4.69, 9.17) is 0 Å². The number of rotatable bonds is 6. The van der Waals surface area contributed by atoms with E-state index in [1.807, 2.05) is 0 Å². The maximum Gasteiger partial charge on any atom is 0.0624 e. The lowest BCUT2D eigenvalue weighted by molar-refractivity contribution is 0.228. The molecule has 0 spiro atoms. The molecule has 0 aromatic carbocycles. The van der Waals surface area contributed by atoms with Crippen LogP contribution in [0.15, 0.2) is 6.07 Å². The van der Waals surface area contributed by atoms with Gasteiger partial charge < -0.3 is 0 Å². The molecule has 0 amide bonds. The van der Waals surface area contributed by atoms with Crippen LogP contribution in [0, 0.1) is 11.3 Å². The van der Waals surface area contributed by atoms with Crippen LogP contribution in [-0.2, 0) is 19.9 Å². The van der Waals surface area contributed by atoms with Crippen molar-refractivity contribution in [1.29, 1.82) is 0 Å². The summed E-state index contributed by atoms with van der Waals surface area (Å²) in [5.74, 6) is 0.839. The topological polar surface area (TPSA) is 17.8 Å². The van der Waals surface area contributed by atoms with Crippen molar-refractivity contribution >= 4 is 31.9 Å². The first-order valence-electron chi connectivity index (χ1n) is 7.29. The molecular formula is C15H24Br2N2. The monoisotopic (exact) mass is 390 g/mol. The van der Waals surface area contributed by atoms with E-state index in [9.17, 15) is 0 Å². The Kier molecular flexibility index (Phi) is 5.53. The molecule has 0 aliphatic heterocycles. The second kappa shape index (κ2) is 6.75. The summed E-state index contributed by atoms with van der Waals surface area (Å²) in [6.07, 6.45) is 7.71. The maximum atomic E-state index is 4.59. The highest BCUT2D eigenvalue weighted by molar-refractivity contribution is 9.09. The van der Waals surface area contributed by atoms with E-state index in [1.54, 1.807) is 0 Å². The summed E-state index contributed by atoms with van der Waals surface area (Å²) in [4.78, 5) is 0. The summed E-state index contributed by atoms with van der Waals surface area (Å²) in [6, 6.07) is 2.29. The van der Waals surface area contributed by atoms with Crippen molar-refractivity contribution in [2.24, 2.45) is 18.4 Å². The van der Waals surface area contributed by atoms with Gasteiger partial charge in [0.25, 0.3) is 0 Å². The fourth-order valence-electron chi connectivity index (χ4n) is 3.30. The van der Waals surface area contributed by atoms with Crippen molar-refractivity contribution in [3.05, 3.63) is 17.5 Å². The molecule has 1 aromatic rings. The van der Waals surface area contributed by atoms with Crippen LogP contribution in [0.3, 0.4) is 0 Å². The second-order valence-corrected chi connectivity index (χ2v) is 7.01. The third kappa shape index (κ3) is 3.26. The number of hydrogen-bond acceptors (Lipinski definition) is 1. The standard InChI is InChI=1S/C15H24Br2N2/c1-3-13-8-14(19(2)18-13)9-15(10-16,11-17)12-6-4-5-7-12/h8,12H,3-7,9-11H2,1-2H3. The Morgan fingerprint density at radius 2 is 1.95 bits per heavy atom. The molecule has 1 aliphatic carbocycles. The van der Waals surface area contributed by atoms with Gasteiger partial charge in [0.05, 0.1) is 5.69 Å². The summed E-state index contributed by atoms with van der Waals surface area (Å²) in [7, 11) is 2.08. The van der Waals surface area contributed by atoms with Gasteiger partial charge in [-0.05, 0) is 43.1 Å². The van der Waals surface area contributed by atoms with Gasteiger partial charge in [0.2, 0.25) is 0 Å². The molecule has 0 N–H and O–H groups in total. The largest absolute Gasteiger partial charge is 0.272 e. The third-order valence-electron chi connectivity index (χ3n) is 4.68. The van der Waals surface area contributed by atoms with Crippen molar-refractivity contribution in [2.45, 2.75) is 45.4 Å². The lowest BCUT2D eigenvalue weighted by atomic mass is 9.74. The fraction of sp³-hybridized carbons (Fsp3) is 0.800. The van der Waals surface area contributed by atoms with E-state index < -0.39 is 0 Å². The zero-order chi connectivity index (χ0) is 13.9.